The van der Waals surface area contributed by atoms with Crippen LogP contribution in [0.1, 0.15) is 38.2 Å². The van der Waals surface area contributed by atoms with Gasteiger partial charge in [-0.05, 0) is 30.7 Å². The average molecular weight is 286 g/mol. The second-order valence-corrected chi connectivity index (χ2v) is 6.08. The zero-order valence-electron chi connectivity index (χ0n) is 12.4. The fourth-order valence-corrected chi connectivity index (χ4v) is 3.06. The Balaban J connectivity index is 1.82. The van der Waals surface area contributed by atoms with Crippen LogP contribution in [-0.4, -0.2) is 28.8 Å². The summed E-state index contributed by atoms with van der Waals surface area (Å²) in [6.45, 7) is 2.58. The summed E-state index contributed by atoms with van der Waals surface area (Å²) in [5.74, 6) is 0.464. The summed E-state index contributed by atoms with van der Waals surface area (Å²) in [4.78, 5) is 26.9. The molecule has 0 aromatic heterocycles. The van der Waals surface area contributed by atoms with Crippen LogP contribution in [0.4, 0.5) is 0 Å². The van der Waals surface area contributed by atoms with Crippen LogP contribution in [0.5, 0.6) is 0 Å². The van der Waals surface area contributed by atoms with Gasteiger partial charge >= 0.3 is 0 Å². The van der Waals surface area contributed by atoms with E-state index in [9.17, 15) is 9.59 Å². The highest BCUT2D eigenvalue weighted by atomic mass is 16.2. The van der Waals surface area contributed by atoms with Crippen LogP contribution in [-0.2, 0) is 16.1 Å². The minimum Gasteiger partial charge on any atom is -0.342 e. The van der Waals surface area contributed by atoms with Gasteiger partial charge in [0.25, 0.3) is 0 Å². The molecule has 1 saturated carbocycles. The molecule has 112 valence electrons. The Labute approximate surface area is 125 Å². The van der Waals surface area contributed by atoms with Crippen molar-refractivity contribution >= 4 is 11.8 Å². The second-order valence-electron chi connectivity index (χ2n) is 6.08. The highest BCUT2D eigenvalue weighted by molar-refractivity contribution is 5.97. The molecule has 2 unspecified atom stereocenters. The van der Waals surface area contributed by atoms with E-state index < -0.39 is 0 Å². The van der Waals surface area contributed by atoms with Gasteiger partial charge in [0, 0.05) is 6.54 Å². The van der Waals surface area contributed by atoms with Gasteiger partial charge in [-0.25, -0.2) is 0 Å². The minimum atomic E-state index is -0.322. The Bertz CT molecular complexity index is 525. The first-order valence-corrected chi connectivity index (χ1v) is 7.85. The number of amides is 2. The number of hydrogen-bond acceptors (Lipinski definition) is 2. The van der Waals surface area contributed by atoms with Crippen molar-refractivity contribution in [2.45, 2.75) is 51.2 Å². The molecule has 1 N–H and O–H groups in total. The summed E-state index contributed by atoms with van der Waals surface area (Å²) in [5.41, 5.74) is 1.08. The van der Waals surface area contributed by atoms with Gasteiger partial charge in [-0.2, -0.15) is 0 Å². The number of carbonyl (C=O) groups is 2. The topological polar surface area (TPSA) is 49.4 Å². The smallest absolute Gasteiger partial charge is 0.246 e. The second kappa shape index (κ2) is 5.88. The molecule has 1 aliphatic heterocycles. The molecule has 1 aromatic carbocycles. The summed E-state index contributed by atoms with van der Waals surface area (Å²) < 4.78 is 0. The van der Waals surface area contributed by atoms with Crippen LogP contribution in [0.2, 0.25) is 0 Å². The molecule has 2 aliphatic rings. The van der Waals surface area contributed by atoms with Gasteiger partial charge in [0.1, 0.15) is 12.1 Å². The van der Waals surface area contributed by atoms with Gasteiger partial charge in [0.05, 0.1) is 0 Å². The molecule has 1 aromatic rings. The molecule has 4 heteroatoms. The van der Waals surface area contributed by atoms with E-state index in [0.29, 0.717) is 12.5 Å². The summed E-state index contributed by atoms with van der Waals surface area (Å²) in [5, 5.41) is 2.95. The normalized spacial score (nSPS) is 25.9. The quantitative estimate of drug-likeness (QED) is 0.901. The van der Waals surface area contributed by atoms with Crippen LogP contribution in [0.3, 0.4) is 0 Å². The number of benzene rings is 1. The third-order valence-electron chi connectivity index (χ3n) is 4.38. The van der Waals surface area contributed by atoms with E-state index in [1.165, 1.54) is 0 Å². The van der Waals surface area contributed by atoms with Crippen molar-refractivity contribution in [2.24, 2.45) is 5.92 Å². The van der Waals surface area contributed by atoms with E-state index in [4.69, 9.17) is 0 Å². The van der Waals surface area contributed by atoms with Gasteiger partial charge < -0.3 is 10.2 Å². The fraction of sp³-hybridized carbons (Fsp3) is 0.529. The van der Waals surface area contributed by atoms with Crippen LogP contribution in [0.15, 0.2) is 30.3 Å². The summed E-state index contributed by atoms with van der Waals surface area (Å²) in [6.07, 6.45) is 3.72. The average Bonchev–Trinajstić information content (AvgIpc) is 3.32. The molecule has 21 heavy (non-hydrogen) atoms. The molecule has 1 aliphatic carbocycles. The van der Waals surface area contributed by atoms with Gasteiger partial charge in [0.15, 0.2) is 0 Å². The Morgan fingerprint density at radius 1 is 1.19 bits per heavy atom. The van der Waals surface area contributed by atoms with Crippen molar-refractivity contribution in [3.8, 4) is 0 Å². The van der Waals surface area contributed by atoms with E-state index in [0.717, 1.165) is 31.2 Å². The van der Waals surface area contributed by atoms with E-state index in [1.807, 2.05) is 37.3 Å². The molecule has 2 amide bonds. The maximum absolute atomic E-state index is 12.8. The molecule has 0 bridgehead atoms. The lowest BCUT2D eigenvalue weighted by Crippen LogP contribution is -2.63. The number of hydrogen-bond donors (Lipinski definition) is 1. The number of nitrogens with one attached hydrogen (secondary N) is 1. The SMILES string of the molecule is CCCC1C(=O)NC(C2CC2)C(=O)N1Cc1ccccc1. The summed E-state index contributed by atoms with van der Waals surface area (Å²) in [7, 11) is 0. The molecule has 2 atom stereocenters. The summed E-state index contributed by atoms with van der Waals surface area (Å²) in [6, 6.07) is 9.30. The fourth-order valence-electron chi connectivity index (χ4n) is 3.06. The van der Waals surface area contributed by atoms with Crippen molar-refractivity contribution in [2.75, 3.05) is 0 Å². The van der Waals surface area contributed by atoms with Crippen LogP contribution < -0.4 is 5.32 Å². The highest BCUT2D eigenvalue weighted by Gasteiger charge is 2.46. The number of carbonyl (C=O) groups excluding carboxylic acids is 2. The molecular weight excluding hydrogens is 264 g/mol. The minimum absolute atomic E-state index is 0.0179. The van der Waals surface area contributed by atoms with Crippen molar-refractivity contribution < 1.29 is 9.59 Å². The first-order valence-electron chi connectivity index (χ1n) is 7.85. The Kier molecular flexibility index (Phi) is 3.95. The van der Waals surface area contributed by atoms with E-state index in [1.54, 1.807) is 4.90 Å². The highest BCUT2D eigenvalue weighted by Crippen LogP contribution is 2.35. The maximum atomic E-state index is 12.8. The number of nitrogens with zero attached hydrogens (tertiary/aromatic N) is 1. The third-order valence-corrected chi connectivity index (χ3v) is 4.38. The van der Waals surface area contributed by atoms with Gasteiger partial charge in [-0.1, -0.05) is 43.7 Å². The Morgan fingerprint density at radius 3 is 2.52 bits per heavy atom. The van der Waals surface area contributed by atoms with Crippen molar-refractivity contribution in [1.82, 2.24) is 10.2 Å². The Morgan fingerprint density at radius 2 is 1.90 bits per heavy atom. The van der Waals surface area contributed by atoms with Gasteiger partial charge in [-0.3, -0.25) is 9.59 Å². The molecule has 1 heterocycles. The van der Waals surface area contributed by atoms with Crippen molar-refractivity contribution in [3.63, 3.8) is 0 Å². The van der Waals surface area contributed by atoms with Gasteiger partial charge in [-0.15, -0.1) is 0 Å². The van der Waals surface area contributed by atoms with E-state index in [-0.39, 0.29) is 23.9 Å². The molecule has 2 fully saturated rings. The lowest BCUT2D eigenvalue weighted by atomic mass is 9.99. The zero-order chi connectivity index (χ0) is 14.8. The standard InChI is InChI=1S/C17H22N2O2/c1-2-6-14-16(20)18-15(13-9-10-13)17(21)19(14)11-12-7-4-3-5-8-12/h3-5,7-8,13-15H,2,6,9-11H2,1H3,(H,18,20). The molecule has 0 radical (unpaired) electrons. The molecule has 1 saturated heterocycles. The predicted molar refractivity (Wildman–Crippen MR) is 80.3 cm³/mol. The molecule has 4 nitrogen and oxygen atoms in total. The van der Waals surface area contributed by atoms with Crippen LogP contribution in [0, 0.1) is 5.92 Å². The molecule has 0 spiro atoms. The summed E-state index contributed by atoms with van der Waals surface area (Å²) >= 11 is 0. The van der Waals surface area contributed by atoms with Gasteiger partial charge in [0.2, 0.25) is 11.8 Å². The molecule has 3 rings (SSSR count). The number of rotatable bonds is 5. The Hall–Kier alpha value is -1.84. The largest absolute Gasteiger partial charge is 0.342 e. The molecular formula is C17H22N2O2. The zero-order valence-corrected chi connectivity index (χ0v) is 12.4. The number of piperazine rings is 1. The first-order chi connectivity index (χ1) is 10.2. The lowest BCUT2D eigenvalue weighted by Gasteiger charge is -2.39. The third kappa shape index (κ3) is 2.94. The van der Waals surface area contributed by atoms with E-state index >= 15 is 0 Å². The van der Waals surface area contributed by atoms with Crippen LogP contribution in [0.25, 0.3) is 0 Å². The lowest BCUT2D eigenvalue weighted by molar-refractivity contribution is -0.151. The first kappa shape index (κ1) is 14.1. The predicted octanol–water partition coefficient (Wildman–Crippen LogP) is 2.09. The van der Waals surface area contributed by atoms with E-state index in [2.05, 4.69) is 5.32 Å². The maximum Gasteiger partial charge on any atom is 0.246 e. The van der Waals surface area contributed by atoms with Crippen LogP contribution >= 0.6 is 0 Å². The van der Waals surface area contributed by atoms with Crippen molar-refractivity contribution in [3.05, 3.63) is 35.9 Å². The van der Waals surface area contributed by atoms with Crippen molar-refractivity contribution in [1.29, 1.82) is 0 Å². The monoisotopic (exact) mass is 286 g/mol.